The molecule has 0 spiro atoms. The summed E-state index contributed by atoms with van der Waals surface area (Å²) >= 11 is 0. The van der Waals surface area contributed by atoms with Gasteiger partial charge in [-0.1, -0.05) is 5.16 Å². The number of nitriles is 1. The zero-order valence-electron chi connectivity index (χ0n) is 12.5. The summed E-state index contributed by atoms with van der Waals surface area (Å²) in [6.45, 7) is 5.85. The number of aryl methyl sites for hydroxylation is 4. The molecule has 1 aliphatic carbocycles. The zero-order chi connectivity index (χ0) is 15.0. The lowest BCUT2D eigenvalue weighted by Gasteiger charge is -2.16. The summed E-state index contributed by atoms with van der Waals surface area (Å²) in [6, 6.07) is 4.21. The molecule has 21 heavy (non-hydrogen) atoms. The molecule has 0 fully saturated rings. The van der Waals surface area contributed by atoms with Crippen LogP contribution in [-0.4, -0.2) is 10.1 Å². The van der Waals surface area contributed by atoms with Crippen molar-refractivity contribution in [1.82, 2.24) is 10.1 Å². The highest BCUT2D eigenvalue weighted by atomic mass is 16.5. The number of fused-ring (bicyclic) bond motifs is 1. The first-order valence-corrected chi connectivity index (χ1v) is 7.22. The highest BCUT2D eigenvalue weighted by Crippen LogP contribution is 2.29. The van der Waals surface area contributed by atoms with Crippen molar-refractivity contribution < 1.29 is 4.52 Å². The number of nitrogens with one attached hydrogen (secondary N) is 1. The lowest BCUT2D eigenvalue weighted by atomic mass is 10.1. The van der Waals surface area contributed by atoms with Gasteiger partial charge in [0.15, 0.2) is 0 Å². The van der Waals surface area contributed by atoms with Gasteiger partial charge >= 0.3 is 0 Å². The van der Waals surface area contributed by atoms with Crippen LogP contribution in [-0.2, 0) is 12.8 Å². The maximum atomic E-state index is 9.34. The Bertz CT molecular complexity index is 707. The molecule has 3 rings (SSSR count). The minimum absolute atomic E-state index is 0.00435. The predicted octanol–water partition coefficient (Wildman–Crippen LogP) is 3.22. The molecular formula is C16H18N4O. The molecule has 1 aliphatic rings. The second-order valence-electron chi connectivity index (χ2n) is 5.56. The van der Waals surface area contributed by atoms with Gasteiger partial charge in [0, 0.05) is 11.3 Å². The van der Waals surface area contributed by atoms with Gasteiger partial charge in [0.1, 0.15) is 17.6 Å². The van der Waals surface area contributed by atoms with Crippen LogP contribution in [0.15, 0.2) is 10.6 Å². The monoisotopic (exact) mass is 282 g/mol. The Morgan fingerprint density at radius 3 is 2.86 bits per heavy atom. The van der Waals surface area contributed by atoms with E-state index in [4.69, 9.17) is 4.52 Å². The van der Waals surface area contributed by atoms with Gasteiger partial charge < -0.3 is 9.84 Å². The van der Waals surface area contributed by atoms with Crippen molar-refractivity contribution in [3.63, 3.8) is 0 Å². The van der Waals surface area contributed by atoms with Crippen LogP contribution >= 0.6 is 0 Å². The Morgan fingerprint density at radius 1 is 1.38 bits per heavy atom. The Labute approximate surface area is 124 Å². The van der Waals surface area contributed by atoms with Crippen LogP contribution in [0.1, 0.15) is 53.2 Å². The first-order valence-electron chi connectivity index (χ1n) is 7.22. The lowest BCUT2D eigenvalue weighted by molar-refractivity contribution is 0.392. The molecule has 0 saturated carbocycles. The van der Waals surface area contributed by atoms with Crippen molar-refractivity contribution in [2.45, 2.75) is 46.1 Å². The fourth-order valence-electron chi connectivity index (χ4n) is 3.05. The van der Waals surface area contributed by atoms with E-state index in [1.807, 2.05) is 26.8 Å². The highest BCUT2D eigenvalue weighted by Gasteiger charge is 2.20. The molecule has 2 aromatic rings. The number of nitrogens with zero attached hydrogens (tertiary/aromatic N) is 3. The fraction of sp³-hybridized carbons (Fsp3) is 0.438. The SMILES string of the molecule is Cc1noc(C)c1C(C)Nc1nc2c(cc1C#N)CCC2. The number of pyridine rings is 1. The van der Waals surface area contributed by atoms with Crippen molar-refractivity contribution in [2.24, 2.45) is 0 Å². The molecule has 5 nitrogen and oxygen atoms in total. The van der Waals surface area contributed by atoms with Gasteiger partial charge in [-0.2, -0.15) is 5.26 Å². The molecule has 2 aromatic heterocycles. The van der Waals surface area contributed by atoms with E-state index in [1.54, 1.807) is 0 Å². The molecule has 108 valence electrons. The van der Waals surface area contributed by atoms with E-state index in [0.29, 0.717) is 11.4 Å². The molecule has 0 radical (unpaired) electrons. The minimum Gasteiger partial charge on any atom is -0.362 e. The molecule has 0 amide bonds. The average Bonchev–Trinajstić information content (AvgIpc) is 3.04. The van der Waals surface area contributed by atoms with Crippen LogP contribution in [0.25, 0.3) is 0 Å². The molecule has 0 aliphatic heterocycles. The van der Waals surface area contributed by atoms with E-state index in [0.717, 1.165) is 42.0 Å². The predicted molar refractivity (Wildman–Crippen MR) is 79.0 cm³/mol. The lowest BCUT2D eigenvalue weighted by Crippen LogP contribution is -2.12. The van der Waals surface area contributed by atoms with Crippen LogP contribution in [0, 0.1) is 25.2 Å². The van der Waals surface area contributed by atoms with Gasteiger partial charge in [-0.15, -0.1) is 0 Å². The molecule has 1 N–H and O–H groups in total. The second kappa shape index (κ2) is 5.21. The van der Waals surface area contributed by atoms with Crippen molar-refractivity contribution in [3.05, 3.63) is 39.9 Å². The van der Waals surface area contributed by atoms with Crippen LogP contribution in [0.2, 0.25) is 0 Å². The molecular weight excluding hydrogens is 264 g/mol. The average molecular weight is 282 g/mol. The van der Waals surface area contributed by atoms with Gasteiger partial charge in [0.25, 0.3) is 0 Å². The van der Waals surface area contributed by atoms with Crippen molar-refractivity contribution >= 4 is 5.82 Å². The zero-order valence-corrected chi connectivity index (χ0v) is 12.5. The van der Waals surface area contributed by atoms with Gasteiger partial charge in [-0.05, 0) is 51.7 Å². The maximum absolute atomic E-state index is 9.34. The van der Waals surface area contributed by atoms with E-state index < -0.39 is 0 Å². The first-order chi connectivity index (χ1) is 10.1. The van der Waals surface area contributed by atoms with Crippen LogP contribution in [0.4, 0.5) is 5.82 Å². The summed E-state index contributed by atoms with van der Waals surface area (Å²) in [4.78, 5) is 4.65. The van der Waals surface area contributed by atoms with Crippen LogP contribution < -0.4 is 5.32 Å². The number of aromatic nitrogens is 2. The third kappa shape index (κ3) is 2.38. The van der Waals surface area contributed by atoms with E-state index in [-0.39, 0.29) is 6.04 Å². The van der Waals surface area contributed by atoms with E-state index in [2.05, 4.69) is 21.5 Å². The van der Waals surface area contributed by atoms with Gasteiger partial charge in [0.2, 0.25) is 0 Å². The number of hydrogen-bond donors (Lipinski definition) is 1. The fourth-order valence-corrected chi connectivity index (χ4v) is 3.05. The molecule has 0 aromatic carbocycles. The van der Waals surface area contributed by atoms with Gasteiger partial charge in [-0.3, -0.25) is 0 Å². The molecule has 1 atom stereocenters. The summed E-state index contributed by atoms with van der Waals surface area (Å²) < 4.78 is 5.21. The normalized spacial score (nSPS) is 14.6. The first kappa shape index (κ1) is 13.6. The summed E-state index contributed by atoms with van der Waals surface area (Å²) in [5.74, 6) is 1.46. The van der Waals surface area contributed by atoms with Crippen molar-refractivity contribution in [1.29, 1.82) is 5.26 Å². The van der Waals surface area contributed by atoms with Gasteiger partial charge in [0.05, 0.1) is 17.3 Å². The Balaban J connectivity index is 1.93. The molecule has 5 heteroatoms. The standard InChI is InChI=1S/C16H18N4O/c1-9(15-10(2)20-21-11(15)3)18-16-13(8-17)7-12-5-4-6-14(12)19-16/h7,9H,4-6H2,1-3H3,(H,18,19). The quantitative estimate of drug-likeness (QED) is 0.935. The summed E-state index contributed by atoms with van der Waals surface area (Å²) in [7, 11) is 0. The Morgan fingerprint density at radius 2 is 2.19 bits per heavy atom. The molecule has 0 bridgehead atoms. The minimum atomic E-state index is -0.00435. The van der Waals surface area contributed by atoms with E-state index in [9.17, 15) is 5.26 Å². The maximum Gasteiger partial charge on any atom is 0.144 e. The van der Waals surface area contributed by atoms with Crippen molar-refractivity contribution in [2.75, 3.05) is 5.32 Å². The number of hydrogen-bond acceptors (Lipinski definition) is 5. The van der Waals surface area contributed by atoms with Crippen LogP contribution in [0.5, 0.6) is 0 Å². The third-order valence-corrected chi connectivity index (χ3v) is 4.05. The van der Waals surface area contributed by atoms with Gasteiger partial charge in [-0.25, -0.2) is 4.98 Å². The van der Waals surface area contributed by atoms with E-state index in [1.165, 1.54) is 5.56 Å². The summed E-state index contributed by atoms with van der Waals surface area (Å²) in [5.41, 5.74) is 4.83. The Hall–Kier alpha value is -2.35. The Kier molecular flexibility index (Phi) is 3.38. The molecule has 0 saturated heterocycles. The summed E-state index contributed by atoms with van der Waals surface area (Å²) in [5, 5.41) is 16.7. The largest absolute Gasteiger partial charge is 0.362 e. The number of anilines is 1. The van der Waals surface area contributed by atoms with Crippen molar-refractivity contribution in [3.8, 4) is 6.07 Å². The smallest absolute Gasteiger partial charge is 0.144 e. The molecule has 2 heterocycles. The molecule has 1 unspecified atom stereocenters. The summed E-state index contributed by atoms with van der Waals surface area (Å²) in [6.07, 6.45) is 3.14. The number of rotatable bonds is 3. The van der Waals surface area contributed by atoms with Crippen LogP contribution in [0.3, 0.4) is 0 Å². The van der Waals surface area contributed by atoms with E-state index >= 15 is 0 Å². The third-order valence-electron chi connectivity index (χ3n) is 4.05. The highest BCUT2D eigenvalue weighted by molar-refractivity contribution is 5.56. The topological polar surface area (TPSA) is 74.7 Å². The second-order valence-corrected chi connectivity index (χ2v) is 5.56.